The summed E-state index contributed by atoms with van der Waals surface area (Å²) in [5.41, 5.74) is -0.464. The van der Waals surface area contributed by atoms with E-state index < -0.39 is 5.60 Å². The molecule has 0 atom stereocenters. The highest BCUT2D eigenvalue weighted by molar-refractivity contribution is 5.74. The van der Waals surface area contributed by atoms with Crippen molar-refractivity contribution in [2.75, 3.05) is 26.2 Å². The standard InChI is InChI=1S/C16H29N3O3/c1-16(2,3)22-15(21)19(13-7-8-13)12-6-9-17-14(20)18-10-4-5-11-18/h13H,4-12H2,1-3H3,(H,17,20). The summed E-state index contributed by atoms with van der Waals surface area (Å²) in [6.45, 7) is 8.60. The normalized spacial score (nSPS) is 18.2. The molecule has 1 N–H and O–H groups in total. The largest absolute Gasteiger partial charge is 0.444 e. The summed E-state index contributed by atoms with van der Waals surface area (Å²) in [7, 11) is 0. The molecule has 2 fully saturated rings. The average Bonchev–Trinajstić information content (AvgIpc) is 3.09. The van der Waals surface area contributed by atoms with Gasteiger partial charge in [0.1, 0.15) is 5.60 Å². The zero-order chi connectivity index (χ0) is 16.2. The second kappa shape index (κ2) is 7.20. The Kier molecular flexibility index (Phi) is 5.53. The summed E-state index contributed by atoms with van der Waals surface area (Å²) in [4.78, 5) is 27.7. The predicted octanol–water partition coefficient (Wildman–Crippen LogP) is 2.58. The Hall–Kier alpha value is -1.46. The van der Waals surface area contributed by atoms with Crippen LogP contribution < -0.4 is 5.32 Å². The topological polar surface area (TPSA) is 61.9 Å². The van der Waals surface area contributed by atoms with Gasteiger partial charge in [0.05, 0.1) is 0 Å². The molecule has 0 aromatic heterocycles. The lowest BCUT2D eigenvalue weighted by atomic mass is 10.2. The van der Waals surface area contributed by atoms with Crippen LogP contribution in [0.25, 0.3) is 0 Å². The van der Waals surface area contributed by atoms with Crippen LogP contribution in [0.15, 0.2) is 0 Å². The van der Waals surface area contributed by atoms with Gasteiger partial charge in [-0.3, -0.25) is 0 Å². The van der Waals surface area contributed by atoms with Crippen LogP contribution in [0.1, 0.15) is 52.9 Å². The van der Waals surface area contributed by atoms with E-state index >= 15 is 0 Å². The first-order chi connectivity index (χ1) is 10.4. The van der Waals surface area contributed by atoms with E-state index in [1.165, 1.54) is 0 Å². The van der Waals surface area contributed by atoms with Crippen LogP contribution >= 0.6 is 0 Å². The molecule has 1 heterocycles. The summed E-state index contributed by atoms with van der Waals surface area (Å²) in [6, 6.07) is 0.344. The number of ether oxygens (including phenoxy) is 1. The zero-order valence-corrected chi connectivity index (χ0v) is 14.1. The van der Waals surface area contributed by atoms with Gasteiger partial charge < -0.3 is 19.9 Å². The van der Waals surface area contributed by atoms with E-state index in [2.05, 4.69) is 5.32 Å². The Morgan fingerprint density at radius 1 is 1.23 bits per heavy atom. The van der Waals surface area contributed by atoms with Crippen molar-refractivity contribution in [3.63, 3.8) is 0 Å². The fraction of sp³-hybridized carbons (Fsp3) is 0.875. The number of nitrogens with one attached hydrogen (secondary N) is 1. The average molecular weight is 311 g/mol. The van der Waals surface area contributed by atoms with Crippen molar-refractivity contribution in [2.24, 2.45) is 0 Å². The molecule has 1 aliphatic heterocycles. The number of urea groups is 1. The Bertz CT molecular complexity index is 396. The number of hydrogen-bond donors (Lipinski definition) is 1. The van der Waals surface area contributed by atoms with Crippen molar-refractivity contribution < 1.29 is 14.3 Å². The number of hydrogen-bond acceptors (Lipinski definition) is 3. The first-order valence-electron chi connectivity index (χ1n) is 8.39. The number of nitrogens with zero attached hydrogens (tertiary/aromatic N) is 2. The van der Waals surface area contributed by atoms with E-state index in [4.69, 9.17) is 4.74 Å². The first-order valence-corrected chi connectivity index (χ1v) is 8.39. The minimum absolute atomic E-state index is 0.0211. The van der Waals surface area contributed by atoms with Gasteiger partial charge in [-0.05, 0) is 52.9 Å². The molecule has 6 nitrogen and oxygen atoms in total. The van der Waals surface area contributed by atoms with E-state index in [9.17, 15) is 9.59 Å². The second-order valence-corrected chi connectivity index (χ2v) is 7.18. The van der Waals surface area contributed by atoms with Crippen molar-refractivity contribution in [3.05, 3.63) is 0 Å². The zero-order valence-electron chi connectivity index (χ0n) is 14.1. The summed E-state index contributed by atoms with van der Waals surface area (Å²) in [6.07, 6.45) is 4.83. The maximum atomic E-state index is 12.2. The Balaban J connectivity index is 1.68. The Morgan fingerprint density at radius 3 is 2.41 bits per heavy atom. The monoisotopic (exact) mass is 311 g/mol. The molecule has 0 bridgehead atoms. The summed E-state index contributed by atoms with van der Waals surface area (Å²) in [5, 5.41) is 2.93. The number of carbonyl (C=O) groups excluding carboxylic acids is 2. The van der Waals surface area contributed by atoms with Gasteiger partial charge in [-0.25, -0.2) is 9.59 Å². The molecule has 3 amide bonds. The molecule has 0 unspecified atom stereocenters. The molecule has 0 aromatic carbocycles. The maximum absolute atomic E-state index is 12.2. The Labute approximate surface area is 133 Å². The molecule has 6 heteroatoms. The van der Waals surface area contributed by atoms with Crippen molar-refractivity contribution in [3.8, 4) is 0 Å². The van der Waals surface area contributed by atoms with Crippen molar-refractivity contribution in [1.82, 2.24) is 15.1 Å². The SMILES string of the molecule is CC(C)(C)OC(=O)N(CCCNC(=O)N1CCCC1)C1CC1. The molecule has 0 spiro atoms. The maximum Gasteiger partial charge on any atom is 0.410 e. The second-order valence-electron chi connectivity index (χ2n) is 7.18. The van der Waals surface area contributed by atoms with Gasteiger partial charge in [-0.2, -0.15) is 0 Å². The molecular weight excluding hydrogens is 282 g/mol. The van der Waals surface area contributed by atoms with Crippen LogP contribution in [0.4, 0.5) is 9.59 Å². The molecule has 1 saturated heterocycles. The van der Waals surface area contributed by atoms with Crippen LogP contribution in [0, 0.1) is 0 Å². The van der Waals surface area contributed by atoms with Gasteiger partial charge >= 0.3 is 12.1 Å². The molecule has 0 aromatic rings. The fourth-order valence-electron chi connectivity index (χ4n) is 2.61. The van der Waals surface area contributed by atoms with E-state index in [1.54, 1.807) is 0 Å². The third-order valence-corrected chi connectivity index (χ3v) is 3.86. The lowest BCUT2D eigenvalue weighted by Crippen LogP contribution is -2.41. The smallest absolute Gasteiger partial charge is 0.410 e. The van der Waals surface area contributed by atoms with Crippen molar-refractivity contribution in [2.45, 2.75) is 64.5 Å². The van der Waals surface area contributed by atoms with Gasteiger partial charge in [-0.1, -0.05) is 0 Å². The van der Waals surface area contributed by atoms with Gasteiger partial charge in [0, 0.05) is 32.2 Å². The molecule has 0 radical (unpaired) electrons. The molecule has 2 aliphatic rings. The summed E-state index contributed by atoms with van der Waals surface area (Å²) in [5.74, 6) is 0. The minimum Gasteiger partial charge on any atom is -0.444 e. The van der Waals surface area contributed by atoms with Crippen LogP contribution in [-0.4, -0.2) is 59.7 Å². The van der Waals surface area contributed by atoms with E-state index in [-0.39, 0.29) is 12.1 Å². The third-order valence-electron chi connectivity index (χ3n) is 3.86. The fourth-order valence-corrected chi connectivity index (χ4v) is 2.61. The van der Waals surface area contributed by atoms with E-state index in [0.717, 1.165) is 45.2 Å². The number of likely N-dealkylation sites (tertiary alicyclic amines) is 1. The number of amides is 3. The summed E-state index contributed by atoms with van der Waals surface area (Å²) < 4.78 is 5.45. The summed E-state index contributed by atoms with van der Waals surface area (Å²) >= 11 is 0. The van der Waals surface area contributed by atoms with Crippen LogP contribution in [0.3, 0.4) is 0 Å². The van der Waals surface area contributed by atoms with Gasteiger partial charge in [0.15, 0.2) is 0 Å². The molecule has 1 aliphatic carbocycles. The third kappa shape index (κ3) is 5.39. The van der Waals surface area contributed by atoms with Gasteiger partial charge in [0.25, 0.3) is 0 Å². The number of carbonyl (C=O) groups is 2. The van der Waals surface area contributed by atoms with E-state index in [0.29, 0.717) is 19.1 Å². The minimum atomic E-state index is -0.464. The van der Waals surface area contributed by atoms with Crippen molar-refractivity contribution in [1.29, 1.82) is 0 Å². The number of rotatable bonds is 5. The van der Waals surface area contributed by atoms with Crippen LogP contribution in [-0.2, 0) is 4.74 Å². The van der Waals surface area contributed by atoms with Crippen molar-refractivity contribution >= 4 is 12.1 Å². The lowest BCUT2D eigenvalue weighted by molar-refractivity contribution is 0.0232. The van der Waals surface area contributed by atoms with Crippen LogP contribution in [0.5, 0.6) is 0 Å². The van der Waals surface area contributed by atoms with Crippen LogP contribution in [0.2, 0.25) is 0 Å². The Morgan fingerprint density at radius 2 is 1.86 bits per heavy atom. The highest BCUT2D eigenvalue weighted by Gasteiger charge is 2.34. The molecule has 2 rings (SSSR count). The molecule has 22 heavy (non-hydrogen) atoms. The molecular formula is C16H29N3O3. The highest BCUT2D eigenvalue weighted by Crippen LogP contribution is 2.28. The molecule has 1 saturated carbocycles. The van der Waals surface area contributed by atoms with Gasteiger partial charge in [0.2, 0.25) is 0 Å². The lowest BCUT2D eigenvalue weighted by Gasteiger charge is -2.27. The quantitative estimate of drug-likeness (QED) is 0.794. The molecule has 126 valence electrons. The highest BCUT2D eigenvalue weighted by atomic mass is 16.6. The predicted molar refractivity (Wildman–Crippen MR) is 84.8 cm³/mol. The van der Waals surface area contributed by atoms with E-state index in [1.807, 2.05) is 30.6 Å². The first kappa shape index (κ1) is 16.9. The van der Waals surface area contributed by atoms with Gasteiger partial charge in [-0.15, -0.1) is 0 Å².